The first-order chi connectivity index (χ1) is 12.0. The number of nitrogens with one attached hydrogen (secondary N) is 1. The molecule has 0 radical (unpaired) electrons. The largest absolute Gasteiger partial charge is 0.326 e. The predicted octanol–water partition coefficient (Wildman–Crippen LogP) is 2.79. The highest BCUT2D eigenvalue weighted by Gasteiger charge is 2.66. The average Bonchev–Trinajstić information content (AvgIpc) is 3.20. The van der Waals surface area contributed by atoms with Crippen LogP contribution < -0.4 is 5.32 Å². The van der Waals surface area contributed by atoms with Crippen LogP contribution in [0.15, 0.2) is 30.3 Å². The molecule has 2 saturated carbocycles. The molecule has 1 aliphatic heterocycles. The summed E-state index contributed by atoms with van der Waals surface area (Å²) in [6.45, 7) is 0.155. The first-order valence-corrected chi connectivity index (χ1v) is 10.3. The summed E-state index contributed by atoms with van der Waals surface area (Å²) in [5.74, 6) is -0.403. The highest BCUT2D eigenvalue weighted by Crippen LogP contribution is 2.60. The van der Waals surface area contributed by atoms with Gasteiger partial charge in [0, 0.05) is 28.3 Å². The fourth-order valence-electron chi connectivity index (χ4n) is 4.59. The number of anilines is 1. The van der Waals surface area contributed by atoms with Crippen molar-refractivity contribution in [3.8, 4) is 0 Å². The number of imide groups is 1. The molecule has 4 rings (SSSR count). The standard InChI is InChI=1S/C18H18Br2N2O3/c19-15-10-8-11(16(15)20)14-13(10)17(24)22(18(14)25)7-6-12(23)21-9-4-2-1-3-5-9/h1-5,10-11,13-16H,6-8H2,(H,21,23)/t10-,11+,13-,14-,15+,16+/m0/s1. The van der Waals surface area contributed by atoms with E-state index in [4.69, 9.17) is 0 Å². The molecule has 3 fully saturated rings. The van der Waals surface area contributed by atoms with Crippen molar-refractivity contribution in [2.24, 2.45) is 23.7 Å². The molecule has 7 heteroatoms. The van der Waals surface area contributed by atoms with Crippen LogP contribution in [0.3, 0.4) is 0 Å². The molecular formula is C18H18Br2N2O3. The Bertz CT molecular complexity index is 694. The molecule has 2 aliphatic carbocycles. The van der Waals surface area contributed by atoms with E-state index < -0.39 is 0 Å². The van der Waals surface area contributed by atoms with Crippen molar-refractivity contribution in [2.75, 3.05) is 11.9 Å². The molecular weight excluding hydrogens is 452 g/mol. The van der Waals surface area contributed by atoms with E-state index in [2.05, 4.69) is 37.2 Å². The summed E-state index contributed by atoms with van der Waals surface area (Å²) in [5, 5.41) is 2.79. The SMILES string of the molecule is O=C(CCN1C(=O)[C@H]2[C@@H]3C[C@@H]([C@@H](Br)[C@@H]3Br)[C@@H]2C1=O)Nc1ccccc1. The van der Waals surface area contributed by atoms with Crippen LogP contribution in [0.25, 0.3) is 0 Å². The van der Waals surface area contributed by atoms with E-state index >= 15 is 0 Å². The Morgan fingerprint density at radius 3 is 2.16 bits per heavy atom. The molecule has 0 aromatic heterocycles. The van der Waals surface area contributed by atoms with Gasteiger partial charge in [0.15, 0.2) is 0 Å². The molecule has 25 heavy (non-hydrogen) atoms. The van der Waals surface area contributed by atoms with Crippen LogP contribution in [0.2, 0.25) is 0 Å². The lowest BCUT2D eigenvalue weighted by Crippen LogP contribution is -2.37. The molecule has 1 N–H and O–H groups in total. The van der Waals surface area contributed by atoms with Crippen molar-refractivity contribution in [3.05, 3.63) is 30.3 Å². The summed E-state index contributed by atoms with van der Waals surface area (Å²) in [6.07, 6.45) is 1.04. The second-order valence-corrected chi connectivity index (χ2v) is 9.11. The molecule has 1 saturated heterocycles. The van der Waals surface area contributed by atoms with Gasteiger partial charge < -0.3 is 5.32 Å². The average molecular weight is 470 g/mol. The van der Waals surface area contributed by atoms with E-state index in [-0.39, 0.29) is 64.0 Å². The summed E-state index contributed by atoms with van der Waals surface area (Å²) < 4.78 is 0. The van der Waals surface area contributed by atoms with E-state index in [9.17, 15) is 14.4 Å². The minimum Gasteiger partial charge on any atom is -0.326 e. The molecule has 0 unspecified atom stereocenters. The lowest BCUT2D eigenvalue weighted by atomic mass is 9.81. The van der Waals surface area contributed by atoms with Crippen LogP contribution >= 0.6 is 31.9 Å². The number of likely N-dealkylation sites (tertiary alicyclic amines) is 1. The number of rotatable bonds is 4. The Labute approximate surface area is 162 Å². The number of benzene rings is 1. The first-order valence-electron chi connectivity index (χ1n) is 8.47. The van der Waals surface area contributed by atoms with Gasteiger partial charge in [-0.05, 0) is 30.4 Å². The molecule has 132 valence electrons. The van der Waals surface area contributed by atoms with E-state index in [0.717, 1.165) is 6.42 Å². The van der Waals surface area contributed by atoms with Gasteiger partial charge >= 0.3 is 0 Å². The predicted molar refractivity (Wildman–Crippen MR) is 100 cm³/mol. The molecule has 1 aromatic rings. The Hall–Kier alpha value is -1.21. The van der Waals surface area contributed by atoms with Gasteiger partial charge in [-0.1, -0.05) is 50.1 Å². The van der Waals surface area contributed by atoms with Crippen LogP contribution in [0, 0.1) is 23.7 Å². The fourth-order valence-corrected chi connectivity index (χ4v) is 6.46. The van der Waals surface area contributed by atoms with Gasteiger partial charge in [-0.15, -0.1) is 0 Å². The third-order valence-electron chi connectivity index (χ3n) is 5.70. The van der Waals surface area contributed by atoms with Gasteiger partial charge in [-0.25, -0.2) is 0 Å². The highest BCUT2D eigenvalue weighted by molar-refractivity contribution is 9.12. The molecule has 0 spiro atoms. The maximum absolute atomic E-state index is 12.7. The zero-order valence-corrected chi connectivity index (χ0v) is 16.6. The fraction of sp³-hybridized carbons (Fsp3) is 0.500. The van der Waals surface area contributed by atoms with Gasteiger partial charge in [0.1, 0.15) is 0 Å². The van der Waals surface area contributed by atoms with E-state index in [1.807, 2.05) is 18.2 Å². The lowest BCUT2D eigenvalue weighted by Gasteiger charge is -2.28. The van der Waals surface area contributed by atoms with Crippen LogP contribution in [0.5, 0.6) is 0 Å². The number of alkyl halides is 2. The van der Waals surface area contributed by atoms with Gasteiger partial charge in [-0.3, -0.25) is 19.3 Å². The van der Waals surface area contributed by atoms with E-state index in [1.165, 1.54) is 4.90 Å². The van der Waals surface area contributed by atoms with E-state index in [1.54, 1.807) is 12.1 Å². The van der Waals surface area contributed by atoms with Crippen molar-refractivity contribution >= 4 is 55.3 Å². The van der Waals surface area contributed by atoms with Crippen LogP contribution in [0.4, 0.5) is 5.69 Å². The van der Waals surface area contributed by atoms with Gasteiger partial charge in [-0.2, -0.15) is 0 Å². The number of nitrogens with zero attached hydrogens (tertiary/aromatic N) is 1. The number of hydrogen-bond acceptors (Lipinski definition) is 3. The Morgan fingerprint density at radius 1 is 1.04 bits per heavy atom. The van der Waals surface area contributed by atoms with Crippen molar-refractivity contribution in [2.45, 2.75) is 22.5 Å². The number of hydrogen-bond donors (Lipinski definition) is 1. The smallest absolute Gasteiger partial charge is 0.233 e. The minimum absolute atomic E-state index is 0.0983. The molecule has 6 atom stereocenters. The van der Waals surface area contributed by atoms with Gasteiger partial charge in [0.2, 0.25) is 17.7 Å². The van der Waals surface area contributed by atoms with Crippen molar-refractivity contribution < 1.29 is 14.4 Å². The third-order valence-corrected chi connectivity index (χ3v) is 8.91. The summed E-state index contributed by atoms with van der Waals surface area (Å²) in [4.78, 5) is 39.4. The third kappa shape index (κ3) is 2.76. The maximum Gasteiger partial charge on any atom is 0.233 e. The first kappa shape index (κ1) is 17.2. The summed E-state index contributed by atoms with van der Waals surface area (Å²) in [7, 11) is 0. The highest BCUT2D eigenvalue weighted by atomic mass is 79.9. The number of carbonyl (C=O) groups excluding carboxylic acids is 3. The van der Waals surface area contributed by atoms with Crippen molar-refractivity contribution in [1.82, 2.24) is 4.90 Å². The second kappa shape index (κ2) is 6.50. The van der Waals surface area contributed by atoms with Crippen LogP contribution in [-0.2, 0) is 14.4 Å². The van der Waals surface area contributed by atoms with Gasteiger partial charge in [0.25, 0.3) is 0 Å². The zero-order chi connectivity index (χ0) is 17.7. The summed E-state index contributed by atoms with van der Waals surface area (Å²) in [5.41, 5.74) is 0.714. The number of para-hydroxylation sites is 1. The molecule has 2 bridgehead atoms. The molecule has 3 aliphatic rings. The molecule has 5 nitrogen and oxygen atoms in total. The van der Waals surface area contributed by atoms with Crippen LogP contribution in [-0.4, -0.2) is 38.8 Å². The molecule has 3 amide bonds. The topological polar surface area (TPSA) is 66.5 Å². The van der Waals surface area contributed by atoms with Crippen LogP contribution in [0.1, 0.15) is 12.8 Å². The monoisotopic (exact) mass is 468 g/mol. The van der Waals surface area contributed by atoms with Crippen molar-refractivity contribution in [1.29, 1.82) is 0 Å². The summed E-state index contributed by atoms with van der Waals surface area (Å²) in [6, 6.07) is 9.16. The Kier molecular flexibility index (Phi) is 4.48. The maximum atomic E-state index is 12.7. The second-order valence-electron chi connectivity index (χ2n) is 7.00. The van der Waals surface area contributed by atoms with Gasteiger partial charge in [0.05, 0.1) is 11.8 Å². The minimum atomic E-state index is -0.215. The number of fused-ring (bicyclic) bond motifs is 5. The quantitative estimate of drug-likeness (QED) is 0.544. The normalized spacial score (nSPS) is 36.0. The lowest BCUT2D eigenvalue weighted by molar-refractivity contribution is -0.140. The zero-order valence-electron chi connectivity index (χ0n) is 13.4. The number of carbonyl (C=O) groups is 3. The van der Waals surface area contributed by atoms with Crippen molar-refractivity contribution in [3.63, 3.8) is 0 Å². The number of amides is 3. The van der Waals surface area contributed by atoms with E-state index in [0.29, 0.717) is 5.69 Å². The number of halogens is 2. The Morgan fingerprint density at radius 2 is 1.60 bits per heavy atom. The Balaban J connectivity index is 1.40. The summed E-state index contributed by atoms with van der Waals surface area (Å²) >= 11 is 7.34. The molecule has 1 heterocycles. The molecule has 1 aromatic carbocycles.